The van der Waals surface area contributed by atoms with Crippen LogP contribution >= 0.6 is 11.3 Å². The van der Waals surface area contributed by atoms with E-state index in [1.54, 1.807) is 58.7 Å². The molecule has 0 bridgehead atoms. The van der Waals surface area contributed by atoms with Crippen molar-refractivity contribution < 1.29 is 9.18 Å². The number of benzene rings is 1. The SMILES string of the molecule is O=C(N=c1sccn1Cc1ccccc1F)c1cnc2ccccn2c1=O. The summed E-state index contributed by atoms with van der Waals surface area (Å²) in [6.45, 7) is 0.233. The van der Waals surface area contributed by atoms with Crippen LogP contribution in [0.15, 0.2) is 76.2 Å². The molecular weight excluding hydrogens is 367 g/mol. The average Bonchev–Trinajstić information content (AvgIpc) is 3.10. The summed E-state index contributed by atoms with van der Waals surface area (Å²) in [5, 5.41) is 1.75. The average molecular weight is 380 g/mol. The lowest BCUT2D eigenvalue weighted by Gasteiger charge is -2.04. The van der Waals surface area contributed by atoms with E-state index in [-0.39, 0.29) is 17.9 Å². The zero-order valence-electron chi connectivity index (χ0n) is 13.9. The molecule has 0 aliphatic rings. The molecule has 0 aliphatic carbocycles. The largest absolute Gasteiger partial charge is 0.319 e. The highest BCUT2D eigenvalue weighted by Crippen LogP contribution is 2.08. The number of carbonyl (C=O) groups excluding carboxylic acids is 1. The molecule has 1 aromatic carbocycles. The monoisotopic (exact) mass is 380 g/mol. The van der Waals surface area contributed by atoms with Gasteiger partial charge < -0.3 is 4.57 Å². The summed E-state index contributed by atoms with van der Waals surface area (Å²) in [6, 6.07) is 11.5. The number of halogens is 1. The molecule has 0 saturated heterocycles. The van der Waals surface area contributed by atoms with E-state index in [1.165, 1.54) is 28.0 Å². The zero-order valence-corrected chi connectivity index (χ0v) is 14.8. The molecule has 0 fully saturated rings. The van der Waals surface area contributed by atoms with Crippen LogP contribution in [0.1, 0.15) is 15.9 Å². The minimum Gasteiger partial charge on any atom is -0.319 e. The molecule has 3 heterocycles. The number of fused-ring (bicyclic) bond motifs is 1. The van der Waals surface area contributed by atoms with Crippen LogP contribution in [0.3, 0.4) is 0 Å². The third-order valence-electron chi connectivity index (χ3n) is 4.00. The van der Waals surface area contributed by atoms with Crippen LogP contribution in [0.2, 0.25) is 0 Å². The topological polar surface area (TPSA) is 68.7 Å². The van der Waals surface area contributed by atoms with Gasteiger partial charge in [-0.25, -0.2) is 9.37 Å². The molecule has 8 heteroatoms. The third kappa shape index (κ3) is 3.34. The second kappa shape index (κ2) is 7.08. The van der Waals surface area contributed by atoms with Gasteiger partial charge in [0.25, 0.3) is 11.5 Å². The number of hydrogen-bond donors (Lipinski definition) is 0. The second-order valence-electron chi connectivity index (χ2n) is 5.73. The molecule has 4 rings (SSSR count). The van der Waals surface area contributed by atoms with Crippen molar-refractivity contribution in [1.82, 2.24) is 14.0 Å². The van der Waals surface area contributed by atoms with E-state index >= 15 is 0 Å². The number of aromatic nitrogens is 3. The summed E-state index contributed by atoms with van der Waals surface area (Å²) in [5.41, 5.74) is 0.332. The van der Waals surface area contributed by atoms with Crippen molar-refractivity contribution in [2.75, 3.05) is 0 Å². The van der Waals surface area contributed by atoms with Crippen molar-refractivity contribution in [3.8, 4) is 0 Å². The maximum absolute atomic E-state index is 13.9. The number of hydrogen-bond acceptors (Lipinski definition) is 4. The summed E-state index contributed by atoms with van der Waals surface area (Å²) >= 11 is 1.23. The molecule has 0 spiro atoms. The Labute approximate surface area is 156 Å². The van der Waals surface area contributed by atoms with Gasteiger partial charge in [0.15, 0.2) is 4.80 Å². The van der Waals surface area contributed by atoms with Gasteiger partial charge in [0.1, 0.15) is 17.0 Å². The van der Waals surface area contributed by atoms with Crippen molar-refractivity contribution in [3.63, 3.8) is 0 Å². The van der Waals surface area contributed by atoms with Crippen molar-refractivity contribution >= 4 is 22.9 Å². The van der Waals surface area contributed by atoms with Crippen molar-refractivity contribution in [2.45, 2.75) is 6.54 Å². The number of rotatable bonds is 3. The van der Waals surface area contributed by atoms with Crippen molar-refractivity contribution in [1.29, 1.82) is 0 Å². The van der Waals surface area contributed by atoms with Crippen LogP contribution in [-0.4, -0.2) is 19.9 Å². The van der Waals surface area contributed by atoms with Gasteiger partial charge in [-0.15, -0.1) is 11.3 Å². The quantitative estimate of drug-likeness (QED) is 0.548. The number of carbonyl (C=O) groups is 1. The first-order chi connectivity index (χ1) is 13.1. The van der Waals surface area contributed by atoms with Gasteiger partial charge in [-0.2, -0.15) is 4.99 Å². The summed E-state index contributed by atoms with van der Waals surface area (Å²) in [6.07, 6.45) is 4.50. The molecule has 0 unspecified atom stereocenters. The van der Waals surface area contributed by atoms with Crippen LogP contribution < -0.4 is 10.4 Å². The highest BCUT2D eigenvalue weighted by atomic mass is 32.1. The highest BCUT2D eigenvalue weighted by molar-refractivity contribution is 7.07. The van der Waals surface area contributed by atoms with Gasteiger partial charge in [0.05, 0.1) is 6.54 Å². The standard InChI is InChI=1S/C19H13FN4O2S/c20-15-6-2-1-5-13(15)12-23-9-10-27-19(23)22-17(25)14-11-21-16-7-3-4-8-24(16)18(14)26/h1-11H,12H2. The first kappa shape index (κ1) is 17.0. The molecule has 0 N–H and O–H groups in total. The number of amides is 1. The predicted molar refractivity (Wildman–Crippen MR) is 99.2 cm³/mol. The molecule has 3 aromatic heterocycles. The van der Waals surface area contributed by atoms with E-state index in [0.29, 0.717) is 16.0 Å². The molecule has 6 nitrogen and oxygen atoms in total. The van der Waals surface area contributed by atoms with Crippen LogP contribution in [0.25, 0.3) is 5.65 Å². The summed E-state index contributed by atoms with van der Waals surface area (Å²) in [4.78, 5) is 33.6. The molecule has 0 saturated carbocycles. The Bertz CT molecular complexity index is 1270. The Morgan fingerprint density at radius 2 is 1.96 bits per heavy atom. The molecule has 134 valence electrons. The van der Waals surface area contributed by atoms with Crippen molar-refractivity contribution in [2.24, 2.45) is 4.99 Å². The van der Waals surface area contributed by atoms with E-state index < -0.39 is 11.5 Å². The van der Waals surface area contributed by atoms with Crippen LogP contribution in [-0.2, 0) is 6.54 Å². The first-order valence-electron chi connectivity index (χ1n) is 8.06. The Morgan fingerprint density at radius 1 is 1.15 bits per heavy atom. The number of thiazole rings is 1. The van der Waals surface area contributed by atoms with Crippen LogP contribution in [0.4, 0.5) is 4.39 Å². The van der Waals surface area contributed by atoms with E-state index in [1.807, 2.05) is 0 Å². The fourth-order valence-electron chi connectivity index (χ4n) is 2.64. The van der Waals surface area contributed by atoms with Crippen LogP contribution in [0.5, 0.6) is 0 Å². The van der Waals surface area contributed by atoms with Crippen LogP contribution in [0, 0.1) is 5.82 Å². The lowest BCUT2D eigenvalue weighted by atomic mass is 10.2. The fourth-order valence-corrected chi connectivity index (χ4v) is 3.36. The van der Waals surface area contributed by atoms with Gasteiger partial charge in [0, 0.05) is 29.5 Å². The van der Waals surface area contributed by atoms with Gasteiger partial charge in [0.2, 0.25) is 0 Å². The lowest BCUT2D eigenvalue weighted by Crippen LogP contribution is -2.24. The van der Waals surface area contributed by atoms with Gasteiger partial charge in [-0.1, -0.05) is 24.3 Å². The minimum atomic E-state index is -0.685. The number of nitrogens with zero attached hydrogens (tertiary/aromatic N) is 4. The van der Waals surface area contributed by atoms with E-state index in [0.717, 1.165) is 0 Å². The normalized spacial score (nSPS) is 11.8. The number of pyridine rings is 1. The molecular formula is C19H13FN4O2S. The van der Waals surface area contributed by atoms with Gasteiger partial charge in [-0.3, -0.25) is 14.0 Å². The third-order valence-corrected chi connectivity index (χ3v) is 4.79. The van der Waals surface area contributed by atoms with E-state index in [4.69, 9.17) is 0 Å². The zero-order chi connectivity index (χ0) is 18.8. The summed E-state index contributed by atoms with van der Waals surface area (Å²) in [5.74, 6) is -1.01. The van der Waals surface area contributed by atoms with Crippen molar-refractivity contribution in [3.05, 3.63) is 98.5 Å². The maximum Gasteiger partial charge on any atom is 0.286 e. The Hall–Kier alpha value is -3.39. The second-order valence-corrected chi connectivity index (χ2v) is 6.60. The lowest BCUT2D eigenvalue weighted by molar-refractivity contribution is 0.0996. The Kier molecular flexibility index (Phi) is 4.47. The van der Waals surface area contributed by atoms with E-state index in [2.05, 4.69) is 9.98 Å². The Morgan fingerprint density at radius 3 is 2.81 bits per heavy atom. The summed E-state index contributed by atoms with van der Waals surface area (Å²) in [7, 11) is 0. The molecule has 1 amide bonds. The molecule has 4 aromatic rings. The summed E-state index contributed by atoms with van der Waals surface area (Å²) < 4.78 is 16.8. The molecule has 0 radical (unpaired) electrons. The minimum absolute atomic E-state index is 0.121. The smallest absolute Gasteiger partial charge is 0.286 e. The highest BCUT2D eigenvalue weighted by Gasteiger charge is 2.13. The fraction of sp³-hybridized carbons (Fsp3) is 0.0526. The molecule has 27 heavy (non-hydrogen) atoms. The first-order valence-corrected chi connectivity index (χ1v) is 8.94. The Balaban J connectivity index is 1.72. The molecule has 0 aliphatic heterocycles. The maximum atomic E-state index is 13.9. The predicted octanol–water partition coefficient (Wildman–Crippen LogP) is 2.49. The van der Waals surface area contributed by atoms with Gasteiger partial charge >= 0.3 is 0 Å². The van der Waals surface area contributed by atoms with Gasteiger partial charge in [-0.05, 0) is 18.2 Å². The van der Waals surface area contributed by atoms with E-state index in [9.17, 15) is 14.0 Å². The molecule has 0 atom stereocenters.